The van der Waals surface area contributed by atoms with Gasteiger partial charge < -0.3 is 5.32 Å². The highest BCUT2D eigenvalue weighted by atomic mass is 79.9. The molecule has 0 aliphatic carbocycles. The molecular weight excluding hydrogens is 308 g/mol. The number of hydrogen-bond acceptors (Lipinski definition) is 3. The van der Waals surface area contributed by atoms with Crippen molar-refractivity contribution >= 4 is 27.3 Å². The molecule has 0 aliphatic heterocycles. The van der Waals surface area contributed by atoms with Gasteiger partial charge in [-0.1, -0.05) is 28.9 Å². The monoisotopic (exact) mass is 324 g/mol. The molecule has 96 valence electrons. The van der Waals surface area contributed by atoms with Crippen LogP contribution in [-0.2, 0) is 13.0 Å². The Kier molecular flexibility index (Phi) is 4.54. The van der Waals surface area contributed by atoms with Crippen molar-refractivity contribution in [2.45, 2.75) is 26.8 Å². The van der Waals surface area contributed by atoms with E-state index in [1.165, 1.54) is 21.7 Å². The molecule has 2 rings (SSSR count). The molecule has 0 spiro atoms. The first-order chi connectivity index (χ1) is 8.65. The van der Waals surface area contributed by atoms with Crippen LogP contribution in [0.2, 0.25) is 0 Å². The van der Waals surface area contributed by atoms with Crippen molar-refractivity contribution in [3.63, 3.8) is 0 Å². The van der Waals surface area contributed by atoms with Gasteiger partial charge in [0.15, 0.2) is 0 Å². The van der Waals surface area contributed by atoms with Gasteiger partial charge in [-0.2, -0.15) is 0 Å². The largest absolute Gasteiger partial charge is 0.315 e. The fraction of sp³-hybridized carbons (Fsp3) is 0.357. The Morgan fingerprint density at radius 3 is 2.83 bits per heavy atom. The smallest absolute Gasteiger partial charge is 0.124 e. The summed E-state index contributed by atoms with van der Waals surface area (Å²) in [6, 6.07) is 6.35. The van der Waals surface area contributed by atoms with Crippen LogP contribution in [0.15, 0.2) is 22.7 Å². The predicted molar refractivity (Wildman–Crippen MR) is 82.1 cm³/mol. The first-order valence-corrected chi connectivity index (χ1v) is 7.66. The maximum Gasteiger partial charge on any atom is 0.124 e. The molecule has 0 saturated carbocycles. The number of benzene rings is 1. The van der Waals surface area contributed by atoms with Crippen LogP contribution in [-0.4, -0.2) is 12.0 Å². The summed E-state index contributed by atoms with van der Waals surface area (Å²) in [7, 11) is 1.98. The fourth-order valence-corrected chi connectivity index (χ4v) is 3.50. The van der Waals surface area contributed by atoms with Gasteiger partial charge in [-0.25, -0.2) is 4.98 Å². The normalized spacial score (nSPS) is 10.9. The van der Waals surface area contributed by atoms with Gasteiger partial charge in [-0.3, -0.25) is 0 Å². The first kappa shape index (κ1) is 13.7. The van der Waals surface area contributed by atoms with Gasteiger partial charge in [0.05, 0.1) is 5.69 Å². The van der Waals surface area contributed by atoms with Crippen LogP contribution in [0.5, 0.6) is 0 Å². The number of nitrogens with zero attached hydrogens (tertiary/aromatic N) is 1. The third-order valence-corrected chi connectivity index (χ3v) is 4.50. The molecule has 0 aliphatic rings. The average molecular weight is 325 g/mol. The number of thiazole rings is 1. The van der Waals surface area contributed by atoms with Gasteiger partial charge in [0.1, 0.15) is 5.01 Å². The summed E-state index contributed by atoms with van der Waals surface area (Å²) in [6.45, 7) is 5.19. The van der Waals surface area contributed by atoms with Crippen molar-refractivity contribution in [3.05, 3.63) is 38.8 Å². The summed E-state index contributed by atoms with van der Waals surface area (Å²) in [5.41, 5.74) is 3.71. The molecular formula is C14H17BrN2S. The van der Waals surface area contributed by atoms with Crippen LogP contribution in [0.25, 0.3) is 10.6 Å². The van der Waals surface area contributed by atoms with Crippen LogP contribution in [0, 0.1) is 6.92 Å². The molecule has 0 unspecified atom stereocenters. The van der Waals surface area contributed by atoms with E-state index in [1.807, 2.05) is 7.05 Å². The van der Waals surface area contributed by atoms with Gasteiger partial charge in [0, 0.05) is 21.5 Å². The zero-order chi connectivity index (χ0) is 13.1. The molecule has 0 saturated heterocycles. The Bertz CT molecular complexity index is 549. The second-order valence-electron chi connectivity index (χ2n) is 4.23. The Morgan fingerprint density at radius 2 is 2.17 bits per heavy atom. The topological polar surface area (TPSA) is 24.9 Å². The van der Waals surface area contributed by atoms with Crippen molar-refractivity contribution in [1.82, 2.24) is 10.3 Å². The highest BCUT2D eigenvalue weighted by Gasteiger charge is 2.12. The average Bonchev–Trinajstić information content (AvgIpc) is 2.76. The maximum atomic E-state index is 4.78. The Balaban J connectivity index is 2.47. The summed E-state index contributed by atoms with van der Waals surface area (Å²) in [5, 5.41) is 4.33. The van der Waals surface area contributed by atoms with E-state index < -0.39 is 0 Å². The molecule has 2 aromatic rings. The third kappa shape index (κ3) is 2.82. The van der Waals surface area contributed by atoms with E-state index in [0.29, 0.717) is 0 Å². The number of aromatic nitrogens is 1. The number of halogens is 1. The Hall–Kier alpha value is -0.710. The predicted octanol–water partition coefficient (Wildman–Crippen LogP) is 4.16. The lowest BCUT2D eigenvalue weighted by Gasteiger charge is -2.02. The molecule has 0 atom stereocenters. The van der Waals surface area contributed by atoms with E-state index in [1.54, 1.807) is 11.3 Å². The fourth-order valence-electron chi connectivity index (χ4n) is 1.90. The van der Waals surface area contributed by atoms with Crippen LogP contribution >= 0.6 is 27.3 Å². The van der Waals surface area contributed by atoms with Gasteiger partial charge in [0.25, 0.3) is 0 Å². The number of rotatable bonds is 4. The van der Waals surface area contributed by atoms with Crippen molar-refractivity contribution in [3.8, 4) is 10.6 Å². The zero-order valence-corrected chi connectivity index (χ0v) is 13.3. The van der Waals surface area contributed by atoms with Gasteiger partial charge in [-0.15, -0.1) is 11.3 Å². The molecule has 18 heavy (non-hydrogen) atoms. The van der Waals surface area contributed by atoms with Crippen LogP contribution < -0.4 is 5.32 Å². The SMILES string of the molecule is CCc1nc(-c2cc(Br)ccc2C)sc1CNC. The summed E-state index contributed by atoms with van der Waals surface area (Å²) in [4.78, 5) is 6.12. The highest BCUT2D eigenvalue weighted by Crippen LogP contribution is 2.32. The third-order valence-electron chi connectivity index (χ3n) is 2.88. The second-order valence-corrected chi connectivity index (χ2v) is 6.23. The van der Waals surface area contributed by atoms with Gasteiger partial charge in [-0.05, 0) is 38.1 Å². The molecule has 1 aromatic heterocycles. The summed E-state index contributed by atoms with van der Waals surface area (Å²) in [5.74, 6) is 0. The highest BCUT2D eigenvalue weighted by molar-refractivity contribution is 9.10. The van der Waals surface area contributed by atoms with Crippen LogP contribution in [0.4, 0.5) is 0 Å². The minimum absolute atomic E-state index is 0.897. The number of nitrogens with one attached hydrogen (secondary N) is 1. The molecule has 0 bridgehead atoms. The molecule has 1 heterocycles. The summed E-state index contributed by atoms with van der Waals surface area (Å²) >= 11 is 5.32. The van der Waals surface area contributed by atoms with E-state index in [-0.39, 0.29) is 0 Å². The van der Waals surface area contributed by atoms with Gasteiger partial charge >= 0.3 is 0 Å². The van der Waals surface area contributed by atoms with Crippen molar-refractivity contribution < 1.29 is 0 Å². The molecule has 2 nitrogen and oxygen atoms in total. The van der Waals surface area contributed by atoms with Gasteiger partial charge in [0.2, 0.25) is 0 Å². The Labute approximate surface area is 121 Å². The molecule has 0 radical (unpaired) electrons. The Morgan fingerprint density at radius 1 is 1.39 bits per heavy atom. The number of hydrogen-bond donors (Lipinski definition) is 1. The molecule has 0 amide bonds. The minimum atomic E-state index is 0.897. The van der Waals surface area contributed by atoms with E-state index in [0.717, 1.165) is 22.4 Å². The lowest BCUT2D eigenvalue weighted by molar-refractivity contribution is 0.815. The van der Waals surface area contributed by atoms with Crippen molar-refractivity contribution in [1.29, 1.82) is 0 Å². The van der Waals surface area contributed by atoms with E-state index in [9.17, 15) is 0 Å². The first-order valence-electron chi connectivity index (χ1n) is 6.05. The van der Waals surface area contributed by atoms with E-state index in [4.69, 9.17) is 4.98 Å². The molecule has 1 N–H and O–H groups in total. The number of aryl methyl sites for hydroxylation is 2. The summed E-state index contributed by atoms with van der Waals surface area (Å²) in [6.07, 6.45) is 0.987. The molecule has 0 fully saturated rings. The van der Waals surface area contributed by atoms with E-state index in [2.05, 4.69) is 53.3 Å². The van der Waals surface area contributed by atoms with Crippen LogP contribution in [0.1, 0.15) is 23.1 Å². The standard InChI is InChI=1S/C14H17BrN2S/c1-4-12-13(8-16-3)18-14(17-12)11-7-10(15)6-5-9(11)2/h5-7,16H,4,8H2,1-3H3. The van der Waals surface area contributed by atoms with Crippen molar-refractivity contribution in [2.75, 3.05) is 7.05 Å². The molecule has 1 aromatic carbocycles. The minimum Gasteiger partial charge on any atom is -0.315 e. The molecule has 4 heteroatoms. The summed E-state index contributed by atoms with van der Waals surface area (Å²) < 4.78 is 1.10. The maximum absolute atomic E-state index is 4.78. The van der Waals surface area contributed by atoms with Crippen LogP contribution in [0.3, 0.4) is 0 Å². The van der Waals surface area contributed by atoms with E-state index >= 15 is 0 Å². The second kappa shape index (κ2) is 5.95. The lowest BCUT2D eigenvalue weighted by atomic mass is 10.1. The van der Waals surface area contributed by atoms with Crippen molar-refractivity contribution in [2.24, 2.45) is 0 Å². The quantitative estimate of drug-likeness (QED) is 0.913. The zero-order valence-electron chi connectivity index (χ0n) is 10.9. The lowest BCUT2D eigenvalue weighted by Crippen LogP contribution is -2.05.